The highest BCUT2D eigenvalue weighted by Crippen LogP contribution is 2.29. The van der Waals surface area contributed by atoms with E-state index in [1.54, 1.807) is 44.5 Å². The Balaban J connectivity index is 2.50. The second kappa shape index (κ2) is 7.14. The Labute approximate surface area is 135 Å². The van der Waals surface area contributed by atoms with Crippen LogP contribution in [0.25, 0.3) is 11.6 Å². The first kappa shape index (κ1) is 16.1. The predicted molar refractivity (Wildman–Crippen MR) is 91.0 cm³/mol. The summed E-state index contributed by atoms with van der Waals surface area (Å²) >= 11 is 0. The van der Waals surface area contributed by atoms with E-state index in [0.29, 0.717) is 16.9 Å². The molecule has 0 bridgehead atoms. The fourth-order valence-corrected chi connectivity index (χ4v) is 2.21. The van der Waals surface area contributed by atoms with Crippen LogP contribution >= 0.6 is 0 Å². The smallest absolute Gasteiger partial charge is 0.248 e. The van der Waals surface area contributed by atoms with Crippen LogP contribution in [0, 0.1) is 11.3 Å². The van der Waals surface area contributed by atoms with Crippen molar-refractivity contribution in [3.63, 3.8) is 0 Å². The van der Waals surface area contributed by atoms with E-state index in [1.165, 1.54) is 0 Å². The number of nitrogens with two attached hydrogens (primary N) is 1. The number of benzene rings is 2. The molecule has 116 valence electrons. The number of nitrogens with one attached hydrogen (secondary N) is 1. The van der Waals surface area contributed by atoms with Gasteiger partial charge in [0.1, 0.15) is 5.75 Å². The topological polar surface area (TPSA) is 88.1 Å². The number of carbonyl (C=O) groups excluding carboxylic acids is 1. The first-order chi connectivity index (χ1) is 11.1. The van der Waals surface area contributed by atoms with Crippen LogP contribution in [0.1, 0.15) is 21.5 Å². The van der Waals surface area contributed by atoms with Gasteiger partial charge in [-0.15, -0.1) is 0 Å². The van der Waals surface area contributed by atoms with Crippen molar-refractivity contribution in [1.82, 2.24) is 0 Å². The fourth-order valence-electron chi connectivity index (χ4n) is 2.21. The number of carbonyl (C=O) groups is 1. The molecule has 5 nitrogen and oxygen atoms in total. The number of allylic oxidation sites excluding steroid dienone is 1. The van der Waals surface area contributed by atoms with Gasteiger partial charge in [-0.2, -0.15) is 5.26 Å². The summed E-state index contributed by atoms with van der Waals surface area (Å²) in [5.41, 5.74) is 8.42. The molecule has 0 aliphatic heterocycles. The van der Waals surface area contributed by atoms with Gasteiger partial charge in [0.2, 0.25) is 5.91 Å². The summed E-state index contributed by atoms with van der Waals surface area (Å²) in [5, 5.41) is 12.6. The quantitative estimate of drug-likeness (QED) is 0.656. The number of primary amides is 1. The standard InChI is InChI=1S/C18H17N3O2/c1-21-17-10-15(23-2)6-7-16(17)14(11-19)9-12-4-3-5-13(8-12)18(20)22/h3-10,21H,1-2H3,(H2,20,22)/b14-9+. The number of nitriles is 1. The van der Waals surface area contributed by atoms with Crippen molar-refractivity contribution >= 4 is 23.2 Å². The zero-order valence-corrected chi connectivity index (χ0v) is 13.0. The lowest BCUT2D eigenvalue weighted by Gasteiger charge is -2.10. The number of anilines is 1. The second-order valence-corrected chi connectivity index (χ2v) is 4.82. The Morgan fingerprint density at radius 1 is 1.30 bits per heavy atom. The van der Waals surface area contributed by atoms with Gasteiger partial charge in [-0.05, 0) is 35.9 Å². The highest BCUT2D eigenvalue weighted by Gasteiger charge is 2.09. The van der Waals surface area contributed by atoms with Crippen LogP contribution in [0.5, 0.6) is 5.75 Å². The van der Waals surface area contributed by atoms with Gasteiger partial charge in [-0.1, -0.05) is 12.1 Å². The molecule has 23 heavy (non-hydrogen) atoms. The van der Waals surface area contributed by atoms with Crippen LogP contribution in [0.4, 0.5) is 5.69 Å². The van der Waals surface area contributed by atoms with Gasteiger partial charge in [-0.3, -0.25) is 4.79 Å². The van der Waals surface area contributed by atoms with Crippen molar-refractivity contribution < 1.29 is 9.53 Å². The number of methoxy groups -OCH3 is 1. The predicted octanol–water partition coefficient (Wildman–Crippen LogP) is 2.90. The van der Waals surface area contributed by atoms with Crippen LogP contribution in [-0.2, 0) is 0 Å². The first-order valence-corrected chi connectivity index (χ1v) is 6.97. The Hall–Kier alpha value is -3.26. The normalized spacial score (nSPS) is 10.7. The number of rotatable bonds is 5. The molecule has 2 rings (SSSR count). The Kier molecular flexibility index (Phi) is 5.00. The molecular weight excluding hydrogens is 290 g/mol. The van der Waals surface area contributed by atoms with E-state index in [-0.39, 0.29) is 0 Å². The minimum absolute atomic E-state index is 0.402. The van der Waals surface area contributed by atoms with Crippen LogP contribution in [0.15, 0.2) is 42.5 Å². The lowest BCUT2D eigenvalue weighted by atomic mass is 10.0. The molecule has 2 aromatic rings. The minimum Gasteiger partial charge on any atom is -0.497 e. The molecular formula is C18H17N3O2. The van der Waals surface area contributed by atoms with Crippen molar-refractivity contribution in [2.24, 2.45) is 5.73 Å². The minimum atomic E-state index is -0.501. The maximum absolute atomic E-state index is 11.3. The van der Waals surface area contributed by atoms with Crippen molar-refractivity contribution in [2.45, 2.75) is 0 Å². The van der Waals surface area contributed by atoms with Crippen molar-refractivity contribution in [1.29, 1.82) is 5.26 Å². The Bertz CT molecular complexity index is 804. The molecule has 0 atom stereocenters. The first-order valence-electron chi connectivity index (χ1n) is 6.97. The number of ether oxygens (including phenoxy) is 1. The Morgan fingerprint density at radius 3 is 2.70 bits per heavy atom. The molecule has 5 heteroatoms. The maximum atomic E-state index is 11.3. The Morgan fingerprint density at radius 2 is 2.09 bits per heavy atom. The SMILES string of the molecule is CNc1cc(OC)ccc1/C(C#N)=C/c1cccc(C(N)=O)c1. The van der Waals surface area contributed by atoms with Gasteiger partial charge in [-0.25, -0.2) is 0 Å². The highest BCUT2D eigenvalue weighted by molar-refractivity contribution is 5.96. The maximum Gasteiger partial charge on any atom is 0.248 e. The largest absolute Gasteiger partial charge is 0.497 e. The van der Waals surface area contributed by atoms with E-state index in [4.69, 9.17) is 10.5 Å². The molecule has 2 aromatic carbocycles. The molecule has 3 N–H and O–H groups in total. The van der Waals surface area contributed by atoms with E-state index in [1.807, 2.05) is 18.2 Å². The summed E-state index contributed by atoms with van der Waals surface area (Å²) < 4.78 is 5.19. The molecule has 1 amide bonds. The monoisotopic (exact) mass is 307 g/mol. The van der Waals surface area contributed by atoms with Crippen molar-refractivity contribution in [3.05, 3.63) is 59.2 Å². The molecule has 0 aromatic heterocycles. The summed E-state index contributed by atoms with van der Waals surface area (Å²) in [5.74, 6) is 0.199. The van der Waals surface area contributed by atoms with E-state index in [9.17, 15) is 10.1 Å². The van der Waals surface area contributed by atoms with Gasteiger partial charge in [0, 0.05) is 29.9 Å². The molecule has 0 fully saturated rings. The molecule has 0 heterocycles. The number of hydrogen-bond acceptors (Lipinski definition) is 4. The van der Waals surface area contributed by atoms with Gasteiger partial charge in [0.25, 0.3) is 0 Å². The van der Waals surface area contributed by atoms with E-state index < -0.39 is 5.91 Å². The third-order valence-electron chi connectivity index (χ3n) is 3.39. The fraction of sp³-hybridized carbons (Fsp3) is 0.111. The molecule has 0 spiro atoms. The summed E-state index contributed by atoms with van der Waals surface area (Å²) in [4.78, 5) is 11.3. The molecule has 0 radical (unpaired) electrons. The van der Waals surface area contributed by atoms with Crippen LogP contribution in [0.2, 0.25) is 0 Å². The summed E-state index contributed by atoms with van der Waals surface area (Å²) in [6, 6.07) is 14.5. The molecule has 0 saturated heterocycles. The molecule has 0 unspecified atom stereocenters. The summed E-state index contributed by atoms with van der Waals surface area (Å²) in [6.45, 7) is 0. The lowest BCUT2D eigenvalue weighted by Crippen LogP contribution is -2.10. The van der Waals surface area contributed by atoms with Crippen LogP contribution < -0.4 is 15.8 Å². The molecule has 0 aliphatic rings. The van der Waals surface area contributed by atoms with Gasteiger partial charge >= 0.3 is 0 Å². The van der Waals surface area contributed by atoms with E-state index >= 15 is 0 Å². The third kappa shape index (κ3) is 3.69. The third-order valence-corrected chi connectivity index (χ3v) is 3.39. The second-order valence-electron chi connectivity index (χ2n) is 4.82. The molecule has 0 aliphatic carbocycles. The van der Waals surface area contributed by atoms with Gasteiger partial charge in [0.15, 0.2) is 0 Å². The zero-order chi connectivity index (χ0) is 16.8. The number of nitrogens with zero attached hydrogens (tertiary/aromatic N) is 1. The lowest BCUT2D eigenvalue weighted by molar-refractivity contribution is 0.100. The highest BCUT2D eigenvalue weighted by atomic mass is 16.5. The average molecular weight is 307 g/mol. The van der Waals surface area contributed by atoms with Crippen LogP contribution in [-0.4, -0.2) is 20.1 Å². The van der Waals surface area contributed by atoms with Gasteiger partial charge in [0.05, 0.1) is 18.8 Å². The van der Waals surface area contributed by atoms with Crippen molar-refractivity contribution in [2.75, 3.05) is 19.5 Å². The number of hydrogen-bond donors (Lipinski definition) is 2. The van der Waals surface area contributed by atoms with E-state index in [0.717, 1.165) is 16.8 Å². The molecule has 0 saturated carbocycles. The number of amides is 1. The van der Waals surface area contributed by atoms with E-state index in [2.05, 4.69) is 11.4 Å². The van der Waals surface area contributed by atoms with Gasteiger partial charge < -0.3 is 15.8 Å². The van der Waals surface area contributed by atoms with Crippen LogP contribution in [0.3, 0.4) is 0 Å². The summed E-state index contributed by atoms with van der Waals surface area (Å²) in [7, 11) is 3.37. The average Bonchev–Trinajstić information content (AvgIpc) is 2.59. The zero-order valence-electron chi connectivity index (χ0n) is 13.0. The van der Waals surface area contributed by atoms with Crippen molar-refractivity contribution in [3.8, 4) is 11.8 Å². The summed E-state index contributed by atoms with van der Waals surface area (Å²) in [6.07, 6.45) is 1.72.